The first-order chi connectivity index (χ1) is 3.27. The molecule has 0 aromatic carbocycles. The summed E-state index contributed by atoms with van der Waals surface area (Å²) in [6, 6.07) is 0. The summed E-state index contributed by atoms with van der Waals surface area (Å²) in [5, 5.41) is 8.02. The molecule has 0 rings (SSSR count). The first-order valence-corrected chi connectivity index (χ1v) is 2.27. The number of hydroxylamine groups is 1. The lowest BCUT2D eigenvalue weighted by Crippen LogP contribution is -2.05. The average Bonchev–Trinajstić information content (AvgIpc) is 1.61. The van der Waals surface area contributed by atoms with Gasteiger partial charge in [-0.15, -0.1) is 0 Å². The second-order valence-corrected chi connectivity index (χ2v) is 1.64. The lowest BCUT2D eigenvalue weighted by atomic mass is 10.3. The molecule has 0 bridgehead atoms. The largest absolute Gasteiger partial charge is 0.317 e. The molecule has 0 saturated carbocycles. The molecular formula is C5H11NO. The summed E-state index contributed by atoms with van der Waals surface area (Å²) in [6.07, 6.45) is 1.90. The third-order valence-corrected chi connectivity index (χ3v) is 0.602. The Labute approximate surface area is 43.8 Å². The van der Waals surface area contributed by atoms with E-state index in [4.69, 9.17) is 5.21 Å². The second kappa shape index (κ2) is 3.84. The third kappa shape index (κ3) is 5.66. The van der Waals surface area contributed by atoms with Gasteiger partial charge in [0.05, 0.1) is 0 Å². The van der Waals surface area contributed by atoms with Gasteiger partial charge in [0.25, 0.3) is 0 Å². The van der Waals surface area contributed by atoms with Crippen molar-refractivity contribution in [1.29, 1.82) is 0 Å². The van der Waals surface area contributed by atoms with Gasteiger partial charge in [0.15, 0.2) is 0 Å². The molecule has 0 atom stereocenters. The van der Waals surface area contributed by atoms with Crippen molar-refractivity contribution >= 4 is 0 Å². The minimum atomic E-state index is 0.544. The molecule has 0 aromatic rings. The zero-order valence-electron chi connectivity index (χ0n) is 4.73. The van der Waals surface area contributed by atoms with E-state index in [2.05, 4.69) is 0 Å². The number of nitrogens with one attached hydrogen (secondary N) is 1. The molecule has 2 heteroatoms. The van der Waals surface area contributed by atoms with Gasteiger partial charge in [-0.3, -0.25) is 0 Å². The molecular weight excluding hydrogens is 90.1 g/mol. The molecule has 0 aliphatic rings. The maximum absolute atomic E-state index is 8.02. The second-order valence-electron chi connectivity index (χ2n) is 1.64. The van der Waals surface area contributed by atoms with E-state index in [9.17, 15) is 0 Å². The fourth-order valence-corrected chi connectivity index (χ4v) is 0.250. The minimum absolute atomic E-state index is 0.544. The molecule has 7 heavy (non-hydrogen) atoms. The van der Waals surface area contributed by atoms with Gasteiger partial charge in [-0.25, -0.2) is 5.48 Å². The van der Waals surface area contributed by atoms with Crippen LogP contribution in [0.1, 0.15) is 13.8 Å². The Hall–Kier alpha value is -0.340. The molecule has 2 nitrogen and oxygen atoms in total. The molecule has 0 spiro atoms. The lowest BCUT2D eigenvalue weighted by Gasteiger charge is -1.87. The highest BCUT2D eigenvalue weighted by molar-refractivity contribution is 4.93. The summed E-state index contributed by atoms with van der Waals surface area (Å²) < 4.78 is 0. The Morgan fingerprint density at radius 1 is 1.71 bits per heavy atom. The van der Waals surface area contributed by atoms with E-state index in [0.717, 1.165) is 0 Å². The Morgan fingerprint density at radius 2 is 2.29 bits per heavy atom. The van der Waals surface area contributed by atoms with E-state index in [0.29, 0.717) is 6.54 Å². The summed E-state index contributed by atoms with van der Waals surface area (Å²) in [5.41, 5.74) is 3.23. The van der Waals surface area contributed by atoms with Crippen LogP contribution in [0.5, 0.6) is 0 Å². The van der Waals surface area contributed by atoms with Crippen molar-refractivity contribution < 1.29 is 5.21 Å². The van der Waals surface area contributed by atoms with Gasteiger partial charge in [0.2, 0.25) is 0 Å². The van der Waals surface area contributed by atoms with Crippen LogP contribution in [0, 0.1) is 0 Å². The molecule has 0 heterocycles. The fourth-order valence-electron chi connectivity index (χ4n) is 0.250. The quantitative estimate of drug-likeness (QED) is 0.400. The normalized spacial score (nSPS) is 8.43. The zero-order chi connectivity index (χ0) is 5.70. The minimum Gasteiger partial charge on any atom is -0.317 e. The topological polar surface area (TPSA) is 32.3 Å². The predicted octanol–water partition coefficient (Wildman–Crippen LogP) is 0.931. The fraction of sp³-hybridized carbons (Fsp3) is 0.600. The van der Waals surface area contributed by atoms with Crippen molar-refractivity contribution in [3.8, 4) is 0 Å². The van der Waals surface area contributed by atoms with Crippen LogP contribution < -0.4 is 5.48 Å². The number of rotatable bonds is 2. The standard InChI is InChI=1S/C5H11NO/c1-5(2)3-4-6-7/h3,6-7H,4H2,1-2H3. The smallest absolute Gasteiger partial charge is 0.0390 e. The maximum atomic E-state index is 8.02. The number of hydrogen-bond acceptors (Lipinski definition) is 2. The Kier molecular flexibility index (Phi) is 3.65. The van der Waals surface area contributed by atoms with Crippen LogP contribution in [0.15, 0.2) is 11.6 Å². The van der Waals surface area contributed by atoms with Crippen molar-refractivity contribution in [2.24, 2.45) is 0 Å². The molecule has 0 saturated heterocycles. The van der Waals surface area contributed by atoms with Gasteiger partial charge >= 0.3 is 0 Å². The van der Waals surface area contributed by atoms with Gasteiger partial charge in [0.1, 0.15) is 0 Å². The van der Waals surface area contributed by atoms with Gasteiger partial charge in [-0.1, -0.05) is 11.6 Å². The molecule has 42 valence electrons. The van der Waals surface area contributed by atoms with Crippen LogP contribution in [0.25, 0.3) is 0 Å². The van der Waals surface area contributed by atoms with Gasteiger partial charge in [-0.2, -0.15) is 0 Å². The highest BCUT2D eigenvalue weighted by Crippen LogP contribution is 1.83. The van der Waals surface area contributed by atoms with E-state index >= 15 is 0 Å². The van der Waals surface area contributed by atoms with Crippen LogP contribution in [-0.4, -0.2) is 11.8 Å². The zero-order valence-corrected chi connectivity index (χ0v) is 4.73. The SMILES string of the molecule is CC(C)=CCNO. The number of allylic oxidation sites excluding steroid dienone is 1. The molecule has 0 aromatic heterocycles. The maximum Gasteiger partial charge on any atom is 0.0390 e. The van der Waals surface area contributed by atoms with Crippen molar-refractivity contribution in [2.75, 3.05) is 6.54 Å². The van der Waals surface area contributed by atoms with Crippen LogP contribution in [0.3, 0.4) is 0 Å². The van der Waals surface area contributed by atoms with E-state index in [-0.39, 0.29) is 0 Å². The van der Waals surface area contributed by atoms with E-state index in [1.807, 2.05) is 25.4 Å². The highest BCUT2D eigenvalue weighted by Gasteiger charge is 1.72. The van der Waals surface area contributed by atoms with Crippen LogP contribution in [0.2, 0.25) is 0 Å². The van der Waals surface area contributed by atoms with Crippen molar-refractivity contribution in [1.82, 2.24) is 5.48 Å². The Balaban J connectivity index is 3.08. The van der Waals surface area contributed by atoms with Crippen molar-refractivity contribution in [3.63, 3.8) is 0 Å². The first-order valence-electron chi connectivity index (χ1n) is 2.27. The van der Waals surface area contributed by atoms with Crippen LogP contribution >= 0.6 is 0 Å². The summed E-state index contributed by atoms with van der Waals surface area (Å²) >= 11 is 0. The molecule has 0 amide bonds. The van der Waals surface area contributed by atoms with Crippen molar-refractivity contribution in [2.45, 2.75) is 13.8 Å². The molecule has 0 radical (unpaired) electrons. The van der Waals surface area contributed by atoms with E-state index < -0.39 is 0 Å². The summed E-state index contributed by atoms with van der Waals surface area (Å²) in [7, 11) is 0. The molecule has 0 fully saturated rings. The Morgan fingerprint density at radius 3 is 2.43 bits per heavy atom. The third-order valence-electron chi connectivity index (χ3n) is 0.602. The van der Waals surface area contributed by atoms with E-state index in [1.54, 1.807) is 0 Å². The Bertz CT molecular complexity index is 64.5. The summed E-state index contributed by atoms with van der Waals surface area (Å²) in [5.74, 6) is 0. The average molecular weight is 101 g/mol. The molecule has 2 N–H and O–H groups in total. The highest BCUT2D eigenvalue weighted by atomic mass is 16.5. The molecule has 0 aliphatic heterocycles. The summed E-state index contributed by atoms with van der Waals surface area (Å²) in [6.45, 7) is 4.51. The molecule has 0 aliphatic carbocycles. The van der Waals surface area contributed by atoms with Gasteiger partial charge in [0, 0.05) is 6.54 Å². The monoisotopic (exact) mass is 101 g/mol. The first kappa shape index (κ1) is 6.66. The van der Waals surface area contributed by atoms with Crippen LogP contribution in [-0.2, 0) is 0 Å². The number of hydrogen-bond donors (Lipinski definition) is 2. The van der Waals surface area contributed by atoms with E-state index in [1.165, 1.54) is 5.57 Å². The van der Waals surface area contributed by atoms with Crippen molar-refractivity contribution in [3.05, 3.63) is 11.6 Å². The van der Waals surface area contributed by atoms with Gasteiger partial charge < -0.3 is 5.21 Å². The van der Waals surface area contributed by atoms with Crippen LogP contribution in [0.4, 0.5) is 0 Å². The molecule has 0 unspecified atom stereocenters. The lowest BCUT2D eigenvalue weighted by molar-refractivity contribution is 0.179. The predicted molar refractivity (Wildman–Crippen MR) is 29.2 cm³/mol. The van der Waals surface area contributed by atoms with Gasteiger partial charge in [-0.05, 0) is 13.8 Å². The summed E-state index contributed by atoms with van der Waals surface area (Å²) in [4.78, 5) is 0.